The lowest BCUT2D eigenvalue weighted by atomic mass is 9.97. The number of hydrogen-bond acceptors (Lipinski definition) is 9. The number of nitrogens with zero attached hydrogens (tertiary/aromatic N) is 2. The fourth-order valence-electron chi connectivity index (χ4n) is 10.9. The van der Waals surface area contributed by atoms with Crippen LogP contribution in [0.25, 0.3) is 18.2 Å². The van der Waals surface area contributed by atoms with Crippen molar-refractivity contribution in [2.24, 2.45) is 41.2 Å². The summed E-state index contributed by atoms with van der Waals surface area (Å²) in [6.07, 6.45) is 21.1. The molecule has 11 nitrogen and oxygen atoms in total. The summed E-state index contributed by atoms with van der Waals surface area (Å²) >= 11 is 0. The minimum atomic E-state index is -0.446. The Morgan fingerprint density at radius 2 is 0.897 bits per heavy atom. The lowest BCUT2D eigenvalue weighted by Gasteiger charge is -2.33. The predicted molar refractivity (Wildman–Crippen MR) is 323 cm³/mol. The Labute approximate surface area is 471 Å². The van der Waals surface area contributed by atoms with Crippen molar-refractivity contribution in [2.45, 2.75) is 169 Å². The maximum Gasteiger partial charge on any atom is 0.410 e. The number of likely N-dealkylation sites (tertiary alicyclic amines) is 2. The van der Waals surface area contributed by atoms with E-state index in [-0.39, 0.29) is 18.1 Å². The third-order valence-electron chi connectivity index (χ3n) is 16.0. The molecule has 3 aromatic rings. The topological polar surface area (TPSA) is 138 Å². The maximum atomic E-state index is 12.2. The van der Waals surface area contributed by atoms with E-state index in [1.54, 1.807) is 16.0 Å². The molecule has 0 bridgehead atoms. The molecule has 3 saturated carbocycles. The largest absolute Gasteiger partial charge is 0.444 e. The first-order chi connectivity index (χ1) is 37.4. The summed E-state index contributed by atoms with van der Waals surface area (Å²) in [5, 5.41) is 11.0. The van der Waals surface area contributed by atoms with E-state index in [0.29, 0.717) is 42.9 Å². The van der Waals surface area contributed by atoms with Crippen molar-refractivity contribution >= 4 is 36.7 Å². The van der Waals surface area contributed by atoms with Crippen molar-refractivity contribution in [1.29, 1.82) is 0 Å². The maximum absolute atomic E-state index is 12.2. The number of piperidine rings is 3. The van der Waals surface area contributed by atoms with Crippen molar-refractivity contribution in [3.8, 4) is 0 Å². The number of benzene rings is 3. The normalized spacial score (nSPS) is 24.0. The Bertz CT molecular complexity index is 2340. The fourth-order valence-corrected chi connectivity index (χ4v) is 10.9. The molecular formula is C67H100N6O5. The average molecular weight is 1070 g/mol. The molecule has 6 fully saturated rings. The summed E-state index contributed by atoms with van der Waals surface area (Å²) in [7, 11) is 0. The molecule has 3 aliphatic carbocycles. The van der Waals surface area contributed by atoms with Crippen LogP contribution in [0.2, 0.25) is 0 Å². The quantitative estimate of drug-likeness (QED) is 0.103. The van der Waals surface area contributed by atoms with Gasteiger partial charge >= 0.3 is 12.2 Å². The van der Waals surface area contributed by atoms with E-state index < -0.39 is 11.2 Å². The van der Waals surface area contributed by atoms with Crippen LogP contribution in [0, 0.1) is 35.5 Å². The molecule has 6 atom stereocenters. The van der Waals surface area contributed by atoms with Gasteiger partial charge in [0, 0.05) is 50.2 Å². The summed E-state index contributed by atoms with van der Waals surface area (Å²) in [6.45, 7) is 25.6. The third kappa shape index (κ3) is 22.2. The van der Waals surface area contributed by atoms with Crippen LogP contribution in [0.4, 0.5) is 9.59 Å². The van der Waals surface area contributed by atoms with Crippen molar-refractivity contribution in [1.82, 2.24) is 25.8 Å². The summed E-state index contributed by atoms with van der Waals surface area (Å²) in [4.78, 5) is 37.9. The van der Waals surface area contributed by atoms with Crippen molar-refractivity contribution in [3.63, 3.8) is 0 Å². The molecule has 9 rings (SSSR count). The number of rotatable bonds is 16. The number of amides is 2. The monoisotopic (exact) mass is 1070 g/mol. The molecule has 3 saturated heterocycles. The van der Waals surface area contributed by atoms with Crippen LogP contribution in [-0.2, 0) is 14.3 Å². The van der Waals surface area contributed by atoms with E-state index in [4.69, 9.17) is 15.2 Å². The Morgan fingerprint density at radius 1 is 0.551 bits per heavy atom. The van der Waals surface area contributed by atoms with Crippen LogP contribution in [0.5, 0.6) is 0 Å². The molecule has 3 aromatic carbocycles. The molecule has 2 amide bonds. The highest BCUT2D eigenvalue weighted by Gasteiger charge is 2.40. The smallest absolute Gasteiger partial charge is 0.410 e. The molecule has 428 valence electrons. The number of nitrogens with two attached hydrogens (primary N) is 1. The van der Waals surface area contributed by atoms with Gasteiger partial charge in [0.2, 0.25) is 0 Å². The molecular weight excluding hydrogens is 969 g/mol. The number of aldehydes is 1. The Kier molecular flexibility index (Phi) is 24.7. The van der Waals surface area contributed by atoms with Gasteiger partial charge in [0.05, 0.1) is 0 Å². The Hall–Kier alpha value is -5.07. The number of ether oxygens (including phenoxy) is 2. The number of nitrogens with one attached hydrogen (secondary N) is 3. The van der Waals surface area contributed by atoms with Gasteiger partial charge in [-0.15, -0.1) is 0 Å². The van der Waals surface area contributed by atoms with Gasteiger partial charge in [0.25, 0.3) is 0 Å². The second kappa shape index (κ2) is 31.1. The molecule has 0 unspecified atom stereocenters. The molecule has 78 heavy (non-hydrogen) atoms. The summed E-state index contributed by atoms with van der Waals surface area (Å²) in [6, 6.07) is 33.6. The fraction of sp³-hybridized carbons (Fsp3) is 0.597. The first kappa shape index (κ1) is 62.1. The van der Waals surface area contributed by atoms with Gasteiger partial charge in [0.1, 0.15) is 17.5 Å². The van der Waals surface area contributed by atoms with E-state index in [1.165, 1.54) is 80.4 Å². The summed E-state index contributed by atoms with van der Waals surface area (Å²) < 4.78 is 10.7. The molecule has 3 heterocycles. The number of carbonyl (C=O) groups is 3. The van der Waals surface area contributed by atoms with Crippen molar-refractivity contribution in [2.75, 3.05) is 52.4 Å². The lowest BCUT2D eigenvalue weighted by Crippen LogP contribution is -2.43. The van der Waals surface area contributed by atoms with E-state index >= 15 is 0 Å². The highest BCUT2D eigenvalue weighted by atomic mass is 16.6. The van der Waals surface area contributed by atoms with Gasteiger partial charge in [-0.2, -0.15) is 0 Å². The lowest BCUT2D eigenvalue weighted by molar-refractivity contribution is -0.112. The van der Waals surface area contributed by atoms with Crippen LogP contribution in [0.1, 0.15) is 156 Å². The average Bonchev–Trinajstić information content (AvgIpc) is 4.40. The van der Waals surface area contributed by atoms with E-state index in [2.05, 4.69) is 140 Å². The molecule has 3 aliphatic heterocycles. The zero-order valence-corrected chi connectivity index (χ0v) is 49.3. The second-order valence-corrected chi connectivity index (χ2v) is 24.7. The Morgan fingerprint density at radius 3 is 1.23 bits per heavy atom. The summed E-state index contributed by atoms with van der Waals surface area (Å²) in [5.41, 5.74) is 13.6. The SMILES string of the molecule is CC(C)(C)OC(=O)N1CCC(C=O)CC1.CC/C(=C\c1ccccc1)[C@@H]1C[C@H]1N.CC/C(=C\c1ccccc1)[C@@H]1C[C@H]1NCC1CCN(C(=O)OC(C)(C)C)CC1.CC/C(=C\c1ccccc1)[C@@H]1C[C@H]1NCC1CCNCC1. The van der Waals surface area contributed by atoms with E-state index in [0.717, 1.165) is 82.3 Å². The van der Waals surface area contributed by atoms with E-state index in [1.807, 2.05) is 52.5 Å². The zero-order chi connectivity index (χ0) is 56.1. The first-order valence-electron chi connectivity index (χ1n) is 30.1. The second-order valence-electron chi connectivity index (χ2n) is 24.7. The highest BCUT2D eigenvalue weighted by Crippen LogP contribution is 2.41. The zero-order valence-electron chi connectivity index (χ0n) is 49.3. The van der Waals surface area contributed by atoms with Crippen molar-refractivity contribution < 1.29 is 23.9 Å². The third-order valence-corrected chi connectivity index (χ3v) is 16.0. The van der Waals surface area contributed by atoms with Crippen LogP contribution in [0.15, 0.2) is 108 Å². The summed E-state index contributed by atoms with van der Waals surface area (Å²) in [5.74, 6) is 3.77. The molecule has 0 radical (unpaired) electrons. The van der Waals surface area contributed by atoms with Gasteiger partial charge in [0.15, 0.2) is 0 Å². The van der Waals surface area contributed by atoms with Crippen molar-refractivity contribution in [3.05, 3.63) is 124 Å². The van der Waals surface area contributed by atoms with E-state index in [9.17, 15) is 14.4 Å². The first-order valence-corrected chi connectivity index (χ1v) is 30.1. The minimum absolute atomic E-state index is 0.115. The minimum Gasteiger partial charge on any atom is -0.444 e. The molecule has 6 aliphatic rings. The van der Waals surface area contributed by atoms with Crippen LogP contribution >= 0.6 is 0 Å². The van der Waals surface area contributed by atoms with Crippen LogP contribution in [-0.4, -0.2) is 110 Å². The molecule has 0 aromatic heterocycles. The standard InChI is InChI=1S/C24H36N2O2.C19H28N2.C13H17N.C11H19NO3/c1-5-20(15-18-9-7-6-8-10-18)21-16-22(21)25-17-19-11-13-26(14-12-19)23(27)28-24(2,3)4;1-2-17(12-15-6-4-3-5-7-15)18-13-19(18)21-14-16-8-10-20-11-9-16;1-2-11(12-9-13(12)14)8-10-6-4-3-5-7-10;1-11(2,3)15-10(14)12-6-4-9(8-13)5-7-12/h6-10,15,19,21-22,25H,5,11-14,16-17H2,1-4H3;3-7,12,16,18-21H,2,8-11,13-14H2,1H3;3-8,12-13H,2,9,14H2,1H3;8-9H,4-7H2,1-3H3/b20-15+;17-12+;11-8+;/t21-,22+;18-,19+;12-,13+;/m000./s1. The van der Waals surface area contributed by atoms with Crippen LogP contribution < -0.4 is 21.7 Å². The number of hydrogen-bond donors (Lipinski definition) is 4. The van der Waals surface area contributed by atoms with Gasteiger partial charge < -0.3 is 45.8 Å². The predicted octanol–water partition coefficient (Wildman–Crippen LogP) is 13.2. The van der Waals surface area contributed by atoms with Gasteiger partial charge in [-0.25, -0.2) is 9.59 Å². The van der Waals surface area contributed by atoms with Gasteiger partial charge in [-0.05, 0) is 191 Å². The van der Waals surface area contributed by atoms with Gasteiger partial charge in [-0.3, -0.25) is 0 Å². The Balaban J connectivity index is 0.000000175. The molecule has 11 heteroatoms. The molecule has 5 N–H and O–H groups in total. The number of carbonyl (C=O) groups excluding carboxylic acids is 3. The van der Waals surface area contributed by atoms with Gasteiger partial charge in [-0.1, -0.05) is 147 Å². The highest BCUT2D eigenvalue weighted by molar-refractivity contribution is 5.69. The van der Waals surface area contributed by atoms with Crippen LogP contribution in [0.3, 0.4) is 0 Å². The molecule has 0 spiro atoms.